The van der Waals surface area contributed by atoms with Crippen molar-refractivity contribution in [2.45, 2.75) is 5.25 Å². The first-order chi connectivity index (χ1) is 11.7. The molecule has 5 nitrogen and oxygen atoms in total. The molecule has 1 amide bonds. The maximum Gasteiger partial charge on any atom is 0.264 e. The molecule has 1 unspecified atom stereocenters. The van der Waals surface area contributed by atoms with Crippen LogP contribution in [0.1, 0.15) is 0 Å². The predicted octanol–water partition coefficient (Wildman–Crippen LogP) is 1.88. The van der Waals surface area contributed by atoms with Crippen LogP contribution < -0.4 is 10.6 Å². The maximum absolute atomic E-state index is 12.2. The van der Waals surface area contributed by atoms with Gasteiger partial charge >= 0.3 is 0 Å². The van der Waals surface area contributed by atoms with Crippen molar-refractivity contribution in [3.05, 3.63) is 58.6 Å². The van der Waals surface area contributed by atoms with Gasteiger partial charge in [-0.15, -0.1) is 11.8 Å². The topological polar surface area (TPSA) is 78.3 Å². The van der Waals surface area contributed by atoms with E-state index in [1.165, 1.54) is 11.8 Å². The number of rotatable bonds is 1. The predicted molar refractivity (Wildman–Crippen MR) is 92.9 cm³/mol. The van der Waals surface area contributed by atoms with Gasteiger partial charge in [0.2, 0.25) is 0 Å². The Morgan fingerprint density at radius 1 is 1.21 bits per heavy atom. The standard InChI is InChI=1S/C18H11N3O2S/c22-14-4-3-12-16(11-5-6-24-17(11)18(23)20-12)15(14)9-1-2-10-8-19-21-13(10)7-9/h1-8,17,22H,(H,19,21). The molecule has 5 rings (SSSR count). The number of phenols is 1. The third kappa shape index (κ3) is 1.80. The van der Waals surface area contributed by atoms with E-state index in [-0.39, 0.29) is 16.9 Å². The van der Waals surface area contributed by atoms with Gasteiger partial charge in [-0.3, -0.25) is 9.89 Å². The molecule has 3 aromatic rings. The summed E-state index contributed by atoms with van der Waals surface area (Å²) in [4.78, 5) is 16.4. The summed E-state index contributed by atoms with van der Waals surface area (Å²) in [6.45, 7) is 0. The van der Waals surface area contributed by atoms with Crippen LogP contribution in [0.4, 0.5) is 0 Å². The van der Waals surface area contributed by atoms with E-state index in [9.17, 15) is 9.90 Å². The van der Waals surface area contributed by atoms with Crippen LogP contribution >= 0.6 is 11.8 Å². The van der Waals surface area contributed by atoms with Gasteiger partial charge in [0.1, 0.15) is 11.0 Å². The fourth-order valence-electron chi connectivity index (χ4n) is 3.29. The Morgan fingerprint density at radius 2 is 2.12 bits per heavy atom. The second kappa shape index (κ2) is 4.82. The zero-order valence-electron chi connectivity index (χ0n) is 12.4. The quantitative estimate of drug-likeness (QED) is 0.713. The molecule has 2 aromatic carbocycles. The molecule has 1 aromatic heterocycles. The lowest BCUT2D eigenvalue weighted by atomic mass is 9.95. The molecule has 2 N–H and O–H groups in total. The van der Waals surface area contributed by atoms with Crippen LogP contribution in [0.5, 0.6) is 5.75 Å². The minimum Gasteiger partial charge on any atom is -0.507 e. The molecule has 24 heavy (non-hydrogen) atoms. The van der Waals surface area contributed by atoms with E-state index in [0.29, 0.717) is 10.9 Å². The number of aromatic amines is 1. The molecule has 0 radical (unpaired) electrons. The number of nitrogens with zero attached hydrogens (tertiary/aromatic N) is 2. The van der Waals surface area contributed by atoms with Crippen LogP contribution in [0.2, 0.25) is 0 Å². The summed E-state index contributed by atoms with van der Waals surface area (Å²) >= 11 is 1.45. The normalized spacial score (nSPS) is 18.6. The molecule has 116 valence electrons. The first-order valence-electron chi connectivity index (χ1n) is 7.46. The molecular weight excluding hydrogens is 322 g/mol. The Kier molecular flexibility index (Phi) is 2.72. The van der Waals surface area contributed by atoms with E-state index >= 15 is 0 Å². The Balaban J connectivity index is 1.92. The van der Waals surface area contributed by atoms with Gasteiger partial charge in [0.15, 0.2) is 0 Å². The summed E-state index contributed by atoms with van der Waals surface area (Å²) in [5.41, 5.74) is 3.37. The lowest BCUT2D eigenvalue weighted by molar-refractivity contribution is -0.116. The first-order valence-corrected chi connectivity index (χ1v) is 8.41. The maximum atomic E-state index is 12.2. The van der Waals surface area contributed by atoms with Crippen molar-refractivity contribution >= 4 is 34.1 Å². The largest absolute Gasteiger partial charge is 0.507 e. The van der Waals surface area contributed by atoms with Crippen molar-refractivity contribution in [1.82, 2.24) is 10.2 Å². The molecule has 0 fully saturated rings. The summed E-state index contributed by atoms with van der Waals surface area (Å²) in [6.07, 6.45) is 3.70. The molecule has 3 heterocycles. The molecule has 2 aliphatic heterocycles. The van der Waals surface area contributed by atoms with E-state index in [2.05, 4.69) is 15.2 Å². The number of hydrogen-bond acceptors (Lipinski definition) is 4. The van der Waals surface area contributed by atoms with Gasteiger partial charge in [0, 0.05) is 16.2 Å². The zero-order chi connectivity index (χ0) is 16.3. The average Bonchev–Trinajstić information content (AvgIpc) is 3.24. The molecular formula is C18H11N3O2S. The number of carbonyl (C=O) groups excluding carboxylic acids is 1. The SMILES string of the molecule is O=C1N=c2ccc(O)c(-c3ccc4cn[nH]c4c3)c2=C2C=CSC12. The van der Waals surface area contributed by atoms with Crippen LogP contribution in [-0.4, -0.2) is 26.5 Å². The van der Waals surface area contributed by atoms with Gasteiger partial charge in [-0.1, -0.05) is 18.2 Å². The number of fused-ring (bicyclic) bond motifs is 3. The molecule has 2 aliphatic rings. The van der Waals surface area contributed by atoms with E-state index in [1.54, 1.807) is 18.3 Å². The number of aromatic nitrogens is 2. The van der Waals surface area contributed by atoms with Gasteiger partial charge in [-0.25, -0.2) is 4.99 Å². The van der Waals surface area contributed by atoms with Crippen LogP contribution in [0.25, 0.3) is 27.6 Å². The van der Waals surface area contributed by atoms with E-state index in [4.69, 9.17) is 0 Å². The number of thioether (sulfide) groups is 1. The number of hydrogen-bond donors (Lipinski definition) is 2. The minimum absolute atomic E-state index is 0.145. The highest BCUT2D eigenvalue weighted by atomic mass is 32.2. The summed E-state index contributed by atoms with van der Waals surface area (Å²) in [5.74, 6) is 0.0295. The number of phenolic OH excluding ortho intramolecular Hbond substituents is 1. The summed E-state index contributed by atoms with van der Waals surface area (Å²) in [6, 6.07) is 9.15. The molecule has 0 spiro atoms. The van der Waals surface area contributed by atoms with Gasteiger partial charge in [0.25, 0.3) is 5.91 Å². The van der Waals surface area contributed by atoms with Crippen LogP contribution in [0.15, 0.2) is 53.0 Å². The van der Waals surface area contributed by atoms with Crippen molar-refractivity contribution in [3.63, 3.8) is 0 Å². The van der Waals surface area contributed by atoms with Crippen molar-refractivity contribution < 1.29 is 9.90 Å². The number of H-pyrrole nitrogens is 1. The highest BCUT2D eigenvalue weighted by Crippen LogP contribution is 2.34. The number of benzene rings is 2. The zero-order valence-corrected chi connectivity index (χ0v) is 13.2. The average molecular weight is 333 g/mol. The summed E-state index contributed by atoms with van der Waals surface area (Å²) < 4.78 is 0. The van der Waals surface area contributed by atoms with Crippen LogP contribution in [-0.2, 0) is 4.79 Å². The lowest BCUT2D eigenvalue weighted by Gasteiger charge is -2.15. The molecule has 1 atom stereocenters. The minimum atomic E-state index is -0.311. The number of carbonyl (C=O) groups is 1. The summed E-state index contributed by atoms with van der Waals surface area (Å²) in [5, 5.41) is 21.6. The van der Waals surface area contributed by atoms with Gasteiger partial charge in [-0.2, -0.15) is 5.10 Å². The van der Waals surface area contributed by atoms with Gasteiger partial charge in [0.05, 0.1) is 17.1 Å². The van der Waals surface area contributed by atoms with E-state index < -0.39 is 0 Å². The van der Waals surface area contributed by atoms with Crippen LogP contribution in [0, 0.1) is 0 Å². The monoisotopic (exact) mass is 333 g/mol. The highest BCUT2D eigenvalue weighted by molar-refractivity contribution is 8.04. The van der Waals surface area contributed by atoms with Crippen molar-refractivity contribution in [2.75, 3.05) is 0 Å². The molecule has 0 saturated carbocycles. The number of allylic oxidation sites excluding steroid dienone is 1. The number of amides is 1. The second-order valence-corrected chi connectivity index (χ2v) is 6.77. The first kappa shape index (κ1) is 13.6. The smallest absolute Gasteiger partial charge is 0.264 e. The van der Waals surface area contributed by atoms with E-state index in [1.807, 2.05) is 29.7 Å². The molecule has 0 bridgehead atoms. The summed E-state index contributed by atoms with van der Waals surface area (Å²) in [7, 11) is 0. The van der Waals surface area contributed by atoms with E-state index in [0.717, 1.165) is 27.3 Å². The van der Waals surface area contributed by atoms with Gasteiger partial charge < -0.3 is 5.11 Å². The van der Waals surface area contributed by atoms with Crippen molar-refractivity contribution in [3.8, 4) is 16.9 Å². The number of aromatic hydroxyl groups is 1. The Bertz CT molecular complexity index is 1180. The Labute approximate surface area is 140 Å². The third-order valence-electron chi connectivity index (χ3n) is 4.38. The van der Waals surface area contributed by atoms with Crippen molar-refractivity contribution in [1.29, 1.82) is 0 Å². The molecule has 0 saturated heterocycles. The second-order valence-electron chi connectivity index (χ2n) is 5.75. The van der Waals surface area contributed by atoms with Crippen molar-refractivity contribution in [2.24, 2.45) is 4.99 Å². The fraction of sp³-hybridized carbons (Fsp3) is 0.0556. The Morgan fingerprint density at radius 3 is 3.04 bits per heavy atom. The highest BCUT2D eigenvalue weighted by Gasteiger charge is 2.30. The molecule has 0 aliphatic carbocycles. The molecule has 6 heteroatoms. The van der Waals surface area contributed by atoms with Crippen LogP contribution in [0.3, 0.4) is 0 Å². The third-order valence-corrected chi connectivity index (χ3v) is 5.40. The Hall–Kier alpha value is -2.86. The van der Waals surface area contributed by atoms with Gasteiger partial charge in [-0.05, 0) is 34.7 Å². The fourth-order valence-corrected chi connectivity index (χ4v) is 4.18. The number of nitrogens with one attached hydrogen (secondary N) is 1. The lowest BCUT2D eigenvalue weighted by Crippen LogP contribution is -2.38.